The van der Waals surface area contributed by atoms with E-state index in [4.69, 9.17) is 0 Å². The molecule has 6 heteroatoms. The molecule has 0 unspecified atom stereocenters. The molecule has 2 aromatic carbocycles. The van der Waals surface area contributed by atoms with E-state index in [0.29, 0.717) is 13.1 Å². The molecule has 5 nitrogen and oxygen atoms in total. The zero-order valence-corrected chi connectivity index (χ0v) is 15.4. The highest BCUT2D eigenvalue weighted by atomic mass is 19.1. The molecule has 0 aliphatic heterocycles. The standard InChI is InChI=1S/C22H21FN4O/c23-19-7-5-17(6-8-19)14-27(22(28)15-26-12-10-24-16-26)11-9-18-13-25-21-4-2-1-3-20(18)21/h1-8,10,12-13,16,25H,9,11,14-15H2. The molecule has 4 aromatic rings. The number of imidazole rings is 1. The molecule has 0 atom stereocenters. The minimum atomic E-state index is -0.279. The van der Waals surface area contributed by atoms with E-state index in [1.54, 1.807) is 35.4 Å². The second-order valence-electron chi connectivity index (χ2n) is 6.79. The van der Waals surface area contributed by atoms with Gasteiger partial charge in [0.25, 0.3) is 0 Å². The molecule has 0 saturated heterocycles. The van der Waals surface area contributed by atoms with Gasteiger partial charge in [0, 0.05) is 42.6 Å². The van der Waals surface area contributed by atoms with Crippen molar-refractivity contribution in [3.8, 4) is 0 Å². The molecular weight excluding hydrogens is 355 g/mol. The van der Waals surface area contributed by atoms with E-state index < -0.39 is 0 Å². The molecule has 0 aliphatic carbocycles. The van der Waals surface area contributed by atoms with E-state index in [-0.39, 0.29) is 18.3 Å². The van der Waals surface area contributed by atoms with Gasteiger partial charge in [0.1, 0.15) is 12.4 Å². The van der Waals surface area contributed by atoms with E-state index in [2.05, 4.69) is 16.0 Å². The van der Waals surface area contributed by atoms with Crippen LogP contribution >= 0.6 is 0 Å². The Bertz CT molecular complexity index is 1050. The number of halogens is 1. The van der Waals surface area contributed by atoms with Gasteiger partial charge in [-0.2, -0.15) is 0 Å². The van der Waals surface area contributed by atoms with Crippen molar-refractivity contribution >= 4 is 16.8 Å². The second kappa shape index (κ2) is 8.08. The smallest absolute Gasteiger partial charge is 0.242 e. The number of aromatic amines is 1. The minimum absolute atomic E-state index is 0.00201. The fraction of sp³-hybridized carbons (Fsp3) is 0.182. The van der Waals surface area contributed by atoms with Crippen LogP contribution in [0.2, 0.25) is 0 Å². The van der Waals surface area contributed by atoms with Crippen LogP contribution < -0.4 is 0 Å². The number of hydrogen-bond acceptors (Lipinski definition) is 2. The van der Waals surface area contributed by atoms with Crippen LogP contribution in [0, 0.1) is 5.82 Å². The summed E-state index contributed by atoms with van der Waals surface area (Å²) in [4.78, 5) is 22.0. The lowest BCUT2D eigenvalue weighted by Gasteiger charge is -2.23. The van der Waals surface area contributed by atoms with Gasteiger partial charge >= 0.3 is 0 Å². The van der Waals surface area contributed by atoms with Gasteiger partial charge < -0.3 is 14.5 Å². The van der Waals surface area contributed by atoms with Gasteiger partial charge in [-0.05, 0) is 35.7 Å². The molecule has 0 saturated carbocycles. The van der Waals surface area contributed by atoms with Crippen molar-refractivity contribution in [1.29, 1.82) is 0 Å². The summed E-state index contributed by atoms with van der Waals surface area (Å²) in [5.74, 6) is -0.277. The van der Waals surface area contributed by atoms with Crippen LogP contribution in [0.15, 0.2) is 73.4 Å². The highest BCUT2D eigenvalue weighted by Gasteiger charge is 2.16. The number of aromatic nitrogens is 3. The number of H-pyrrole nitrogens is 1. The lowest BCUT2D eigenvalue weighted by Crippen LogP contribution is -2.34. The maximum absolute atomic E-state index is 13.2. The number of nitrogens with zero attached hydrogens (tertiary/aromatic N) is 3. The molecule has 0 aliphatic rings. The fourth-order valence-corrected chi connectivity index (χ4v) is 3.33. The number of rotatable bonds is 7. The maximum atomic E-state index is 13.2. The van der Waals surface area contributed by atoms with Crippen LogP contribution in [0.4, 0.5) is 4.39 Å². The van der Waals surface area contributed by atoms with Crippen LogP contribution in [-0.4, -0.2) is 31.9 Å². The molecule has 0 radical (unpaired) electrons. The Morgan fingerprint density at radius 3 is 2.75 bits per heavy atom. The third-order valence-electron chi connectivity index (χ3n) is 4.84. The van der Waals surface area contributed by atoms with E-state index in [1.165, 1.54) is 23.1 Å². The molecule has 4 rings (SSSR count). The van der Waals surface area contributed by atoms with Gasteiger partial charge in [-0.3, -0.25) is 4.79 Å². The third kappa shape index (κ3) is 4.11. The second-order valence-corrected chi connectivity index (χ2v) is 6.79. The first-order chi connectivity index (χ1) is 13.7. The van der Waals surface area contributed by atoms with Gasteiger partial charge in [0.15, 0.2) is 0 Å². The van der Waals surface area contributed by atoms with E-state index in [0.717, 1.165) is 17.5 Å². The first-order valence-corrected chi connectivity index (χ1v) is 9.22. The Kier molecular flexibility index (Phi) is 5.19. The predicted molar refractivity (Wildman–Crippen MR) is 106 cm³/mol. The van der Waals surface area contributed by atoms with E-state index in [1.807, 2.05) is 29.3 Å². The number of carbonyl (C=O) groups is 1. The topological polar surface area (TPSA) is 53.9 Å². The number of hydrogen-bond donors (Lipinski definition) is 1. The van der Waals surface area contributed by atoms with Crippen LogP contribution in [0.1, 0.15) is 11.1 Å². The first-order valence-electron chi connectivity index (χ1n) is 9.22. The zero-order valence-electron chi connectivity index (χ0n) is 15.4. The molecule has 0 fully saturated rings. The van der Waals surface area contributed by atoms with Crippen LogP contribution in [-0.2, 0) is 24.3 Å². The molecular formula is C22H21FN4O. The minimum Gasteiger partial charge on any atom is -0.361 e. The number of benzene rings is 2. The van der Waals surface area contributed by atoms with Gasteiger partial charge in [-0.1, -0.05) is 30.3 Å². The average Bonchev–Trinajstić information content (AvgIpc) is 3.36. The van der Waals surface area contributed by atoms with Crippen molar-refractivity contribution in [2.24, 2.45) is 0 Å². The summed E-state index contributed by atoms with van der Waals surface area (Å²) in [6.07, 6.45) is 7.80. The summed E-state index contributed by atoms with van der Waals surface area (Å²) in [5.41, 5.74) is 3.17. The average molecular weight is 376 g/mol. The summed E-state index contributed by atoms with van der Waals surface area (Å²) >= 11 is 0. The molecule has 2 aromatic heterocycles. The number of carbonyl (C=O) groups excluding carboxylic acids is 1. The predicted octanol–water partition coefficient (Wildman–Crippen LogP) is 3.78. The van der Waals surface area contributed by atoms with Crippen molar-refractivity contribution < 1.29 is 9.18 Å². The summed E-state index contributed by atoms with van der Waals surface area (Å²) < 4.78 is 15.0. The van der Waals surface area contributed by atoms with Crippen molar-refractivity contribution in [2.45, 2.75) is 19.5 Å². The summed E-state index contributed by atoms with van der Waals surface area (Å²) in [6, 6.07) is 14.4. The van der Waals surface area contributed by atoms with Crippen molar-refractivity contribution in [2.75, 3.05) is 6.54 Å². The Hall–Kier alpha value is -3.41. The Morgan fingerprint density at radius 2 is 1.96 bits per heavy atom. The quantitative estimate of drug-likeness (QED) is 0.534. The molecule has 2 heterocycles. The monoisotopic (exact) mass is 376 g/mol. The first kappa shape index (κ1) is 18.0. The van der Waals surface area contributed by atoms with Crippen molar-refractivity contribution in [3.63, 3.8) is 0 Å². The molecule has 28 heavy (non-hydrogen) atoms. The molecule has 0 spiro atoms. The number of para-hydroxylation sites is 1. The van der Waals surface area contributed by atoms with Crippen LogP contribution in [0.25, 0.3) is 10.9 Å². The van der Waals surface area contributed by atoms with Gasteiger partial charge in [-0.15, -0.1) is 0 Å². The normalized spacial score (nSPS) is 11.0. The summed E-state index contributed by atoms with van der Waals surface area (Å²) in [6.45, 7) is 1.25. The van der Waals surface area contributed by atoms with Crippen LogP contribution in [0.5, 0.6) is 0 Å². The highest BCUT2D eigenvalue weighted by molar-refractivity contribution is 5.83. The summed E-state index contributed by atoms with van der Waals surface area (Å²) in [5, 5.41) is 1.17. The van der Waals surface area contributed by atoms with Gasteiger partial charge in [0.05, 0.1) is 6.33 Å². The summed E-state index contributed by atoms with van der Waals surface area (Å²) in [7, 11) is 0. The van der Waals surface area contributed by atoms with Crippen LogP contribution in [0.3, 0.4) is 0 Å². The number of amides is 1. The third-order valence-corrected chi connectivity index (χ3v) is 4.84. The molecule has 0 bridgehead atoms. The molecule has 1 N–H and O–H groups in total. The van der Waals surface area contributed by atoms with E-state index >= 15 is 0 Å². The van der Waals surface area contributed by atoms with Crippen molar-refractivity contribution in [3.05, 3.63) is 90.4 Å². The van der Waals surface area contributed by atoms with Gasteiger partial charge in [0.2, 0.25) is 5.91 Å². The fourth-order valence-electron chi connectivity index (χ4n) is 3.33. The number of fused-ring (bicyclic) bond motifs is 1. The Labute approximate surface area is 162 Å². The largest absolute Gasteiger partial charge is 0.361 e. The zero-order chi connectivity index (χ0) is 19.3. The SMILES string of the molecule is O=C(Cn1ccnc1)N(CCc1c[nH]c2ccccc12)Cc1ccc(F)cc1. The lowest BCUT2D eigenvalue weighted by molar-refractivity contribution is -0.132. The number of nitrogens with one attached hydrogen (secondary N) is 1. The maximum Gasteiger partial charge on any atom is 0.242 e. The Morgan fingerprint density at radius 1 is 1.14 bits per heavy atom. The lowest BCUT2D eigenvalue weighted by atomic mass is 10.1. The highest BCUT2D eigenvalue weighted by Crippen LogP contribution is 2.19. The van der Waals surface area contributed by atoms with Crippen molar-refractivity contribution in [1.82, 2.24) is 19.4 Å². The van der Waals surface area contributed by atoms with E-state index in [9.17, 15) is 9.18 Å². The molecule has 142 valence electrons. The van der Waals surface area contributed by atoms with Gasteiger partial charge in [-0.25, -0.2) is 9.37 Å². The molecule has 1 amide bonds. The Balaban J connectivity index is 1.51.